The van der Waals surface area contributed by atoms with Crippen molar-refractivity contribution >= 4 is 34.8 Å². The van der Waals surface area contributed by atoms with Crippen molar-refractivity contribution in [2.45, 2.75) is 13.3 Å². The van der Waals surface area contributed by atoms with Gasteiger partial charge in [0.05, 0.1) is 35.8 Å². The zero-order chi connectivity index (χ0) is 14.5. The summed E-state index contributed by atoms with van der Waals surface area (Å²) in [6.07, 6.45) is 0.171. The number of thiocarbonyl (C=S) groups is 1. The van der Waals surface area contributed by atoms with Crippen LogP contribution in [0.5, 0.6) is 0 Å². The fourth-order valence-corrected chi connectivity index (χ4v) is 2.29. The van der Waals surface area contributed by atoms with Crippen LogP contribution in [0, 0.1) is 0 Å². The lowest BCUT2D eigenvalue weighted by atomic mass is 10.1. The fraction of sp³-hybridized carbons (Fsp3) is 0.357. The third-order valence-electron chi connectivity index (χ3n) is 2.94. The van der Waals surface area contributed by atoms with Crippen LogP contribution in [0.25, 0.3) is 0 Å². The van der Waals surface area contributed by atoms with Gasteiger partial charge in [0, 0.05) is 6.54 Å². The van der Waals surface area contributed by atoms with Crippen LogP contribution in [0.4, 0.5) is 5.69 Å². The Morgan fingerprint density at radius 3 is 2.95 bits per heavy atom. The van der Waals surface area contributed by atoms with E-state index in [1.165, 1.54) is 0 Å². The first-order valence-electron chi connectivity index (χ1n) is 6.45. The predicted molar refractivity (Wildman–Crippen MR) is 79.8 cm³/mol. The fourth-order valence-electron chi connectivity index (χ4n) is 2.02. The van der Waals surface area contributed by atoms with Crippen molar-refractivity contribution in [3.8, 4) is 0 Å². The summed E-state index contributed by atoms with van der Waals surface area (Å²) in [7, 11) is 0. The Balaban J connectivity index is 2.12. The molecule has 0 fully saturated rings. The van der Waals surface area contributed by atoms with Crippen molar-refractivity contribution in [3.63, 3.8) is 0 Å². The highest BCUT2D eigenvalue weighted by Crippen LogP contribution is 2.20. The highest BCUT2D eigenvalue weighted by Gasteiger charge is 2.24. The maximum atomic E-state index is 12.4. The van der Waals surface area contributed by atoms with Crippen LogP contribution in [0.1, 0.15) is 23.7 Å². The second kappa shape index (κ2) is 6.47. The number of ether oxygens (including phenoxy) is 1. The summed E-state index contributed by atoms with van der Waals surface area (Å²) < 4.78 is 4.87. The monoisotopic (exact) mass is 292 g/mol. The Hall–Kier alpha value is -1.95. The van der Waals surface area contributed by atoms with Crippen molar-refractivity contribution in [3.05, 3.63) is 29.8 Å². The second-order valence-electron chi connectivity index (χ2n) is 4.38. The summed E-state index contributed by atoms with van der Waals surface area (Å²) >= 11 is 5.21. The van der Waals surface area contributed by atoms with E-state index in [1.807, 2.05) is 12.1 Å². The number of hydrogen-bond donors (Lipinski definition) is 1. The summed E-state index contributed by atoms with van der Waals surface area (Å²) in [6.45, 7) is 2.70. The topological polar surface area (TPSA) is 58.6 Å². The van der Waals surface area contributed by atoms with Gasteiger partial charge in [0.15, 0.2) is 0 Å². The van der Waals surface area contributed by atoms with E-state index >= 15 is 0 Å². The normalized spacial score (nSPS) is 14.3. The quantitative estimate of drug-likeness (QED) is 0.678. The van der Waals surface area contributed by atoms with Crippen molar-refractivity contribution in [1.29, 1.82) is 0 Å². The first-order valence-corrected chi connectivity index (χ1v) is 6.86. The molecule has 0 aromatic heterocycles. The van der Waals surface area contributed by atoms with Crippen LogP contribution < -0.4 is 5.32 Å². The third kappa shape index (κ3) is 3.33. The van der Waals surface area contributed by atoms with Crippen LogP contribution in [0.3, 0.4) is 0 Å². The number of anilines is 1. The zero-order valence-corrected chi connectivity index (χ0v) is 12.0. The summed E-state index contributed by atoms with van der Waals surface area (Å²) in [6, 6.07) is 7.21. The first kappa shape index (κ1) is 14.5. The van der Waals surface area contributed by atoms with Crippen LogP contribution in [0.2, 0.25) is 0 Å². The lowest BCUT2D eigenvalue weighted by Crippen LogP contribution is -2.36. The molecule has 1 aliphatic heterocycles. The van der Waals surface area contributed by atoms with Crippen LogP contribution >= 0.6 is 12.2 Å². The molecule has 1 heterocycles. The van der Waals surface area contributed by atoms with Crippen LogP contribution in [-0.4, -0.2) is 41.5 Å². The standard InChI is InChI=1S/C14H16N2O3S/c1-2-19-13(17)7-8-16-9-12(20)15-11-6-4-3-5-10(11)14(16)18/h3-6H,2,7-9H2,1H3,(H,15,20). The van der Waals surface area contributed by atoms with Crippen LogP contribution in [-0.2, 0) is 9.53 Å². The van der Waals surface area contributed by atoms with Crippen LogP contribution in [0.15, 0.2) is 24.3 Å². The molecule has 1 amide bonds. The average Bonchev–Trinajstić information content (AvgIpc) is 2.54. The molecule has 0 spiro atoms. The lowest BCUT2D eigenvalue weighted by Gasteiger charge is -2.19. The largest absolute Gasteiger partial charge is 0.466 e. The molecule has 1 aromatic carbocycles. The molecule has 1 aliphatic rings. The maximum Gasteiger partial charge on any atom is 0.307 e. The van der Waals surface area contributed by atoms with E-state index in [9.17, 15) is 9.59 Å². The molecule has 6 heteroatoms. The summed E-state index contributed by atoms with van der Waals surface area (Å²) in [5, 5.41) is 3.05. The Labute approximate surface area is 122 Å². The molecule has 20 heavy (non-hydrogen) atoms. The molecule has 0 saturated heterocycles. The van der Waals surface area contributed by atoms with Gasteiger partial charge < -0.3 is 15.0 Å². The van der Waals surface area contributed by atoms with Gasteiger partial charge in [0.1, 0.15) is 0 Å². The lowest BCUT2D eigenvalue weighted by molar-refractivity contribution is -0.143. The average molecular weight is 292 g/mol. The number of para-hydroxylation sites is 1. The summed E-state index contributed by atoms with van der Waals surface area (Å²) in [4.78, 5) is 26.0. The molecule has 0 bridgehead atoms. The second-order valence-corrected chi connectivity index (χ2v) is 4.87. The highest BCUT2D eigenvalue weighted by molar-refractivity contribution is 7.80. The molecule has 0 atom stereocenters. The SMILES string of the molecule is CCOC(=O)CCN1CC(=S)Nc2ccccc2C1=O. The zero-order valence-electron chi connectivity index (χ0n) is 11.2. The summed E-state index contributed by atoms with van der Waals surface area (Å²) in [5.74, 6) is -0.436. The van der Waals surface area contributed by atoms with Crippen molar-refractivity contribution < 1.29 is 14.3 Å². The smallest absolute Gasteiger partial charge is 0.307 e. The third-order valence-corrected chi connectivity index (χ3v) is 3.18. The van der Waals surface area contributed by atoms with E-state index in [-0.39, 0.29) is 18.3 Å². The molecule has 1 N–H and O–H groups in total. The van der Waals surface area contributed by atoms with Gasteiger partial charge in [-0.25, -0.2) is 0 Å². The molecular formula is C14H16N2O3S. The number of rotatable bonds is 4. The van der Waals surface area contributed by atoms with E-state index in [2.05, 4.69) is 5.32 Å². The number of carbonyl (C=O) groups excluding carboxylic acids is 2. The van der Waals surface area contributed by atoms with Gasteiger partial charge in [0.25, 0.3) is 5.91 Å². The molecule has 5 nitrogen and oxygen atoms in total. The molecule has 0 radical (unpaired) electrons. The number of nitrogens with one attached hydrogen (secondary N) is 1. The van der Waals surface area contributed by atoms with Gasteiger partial charge in [-0.1, -0.05) is 24.4 Å². The van der Waals surface area contributed by atoms with Gasteiger partial charge in [-0.3, -0.25) is 9.59 Å². The minimum absolute atomic E-state index is 0.128. The van der Waals surface area contributed by atoms with Gasteiger partial charge >= 0.3 is 5.97 Å². The minimum Gasteiger partial charge on any atom is -0.466 e. The number of nitrogens with zero attached hydrogens (tertiary/aromatic N) is 1. The Morgan fingerprint density at radius 2 is 2.20 bits per heavy atom. The van der Waals surface area contributed by atoms with E-state index < -0.39 is 0 Å². The van der Waals surface area contributed by atoms with Gasteiger partial charge in [-0.2, -0.15) is 0 Å². The van der Waals surface area contributed by atoms with Gasteiger partial charge in [0.2, 0.25) is 0 Å². The molecule has 0 saturated carbocycles. The Bertz CT molecular complexity index is 545. The van der Waals surface area contributed by atoms with Gasteiger partial charge in [-0.05, 0) is 19.1 Å². The van der Waals surface area contributed by atoms with Crippen molar-refractivity contribution in [2.75, 3.05) is 25.0 Å². The Morgan fingerprint density at radius 1 is 1.45 bits per heavy atom. The molecule has 2 rings (SSSR count). The van der Waals surface area contributed by atoms with E-state index in [0.29, 0.717) is 35.9 Å². The van der Waals surface area contributed by atoms with Crippen molar-refractivity contribution in [2.24, 2.45) is 0 Å². The minimum atomic E-state index is -0.309. The molecule has 0 aliphatic carbocycles. The first-order chi connectivity index (χ1) is 9.61. The van der Waals surface area contributed by atoms with Gasteiger partial charge in [-0.15, -0.1) is 0 Å². The van der Waals surface area contributed by atoms with E-state index in [1.54, 1.807) is 24.0 Å². The number of fused-ring (bicyclic) bond motifs is 1. The maximum absolute atomic E-state index is 12.4. The molecule has 106 valence electrons. The summed E-state index contributed by atoms with van der Waals surface area (Å²) in [5.41, 5.74) is 1.28. The number of amides is 1. The van der Waals surface area contributed by atoms with E-state index in [4.69, 9.17) is 17.0 Å². The molecule has 1 aromatic rings. The number of hydrogen-bond acceptors (Lipinski definition) is 4. The molecular weight excluding hydrogens is 276 g/mol. The number of benzene rings is 1. The molecule has 0 unspecified atom stereocenters. The van der Waals surface area contributed by atoms with Crippen molar-refractivity contribution in [1.82, 2.24) is 4.90 Å². The number of carbonyl (C=O) groups is 2. The number of esters is 1. The predicted octanol–water partition coefficient (Wildman–Crippen LogP) is 1.83. The van der Waals surface area contributed by atoms with E-state index in [0.717, 1.165) is 0 Å². The highest BCUT2D eigenvalue weighted by atomic mass is 32.1. The Kier molecular flexibility index (Phi) is 4.68.